The Balaban J connectivity index is 0.000000980. The molecule has 0 fully saturated rings. The number of aldehydes is 1. The molecule has 0 aliphatic heterocycles. The highest BCUT2D eigenvalue weighted by atomic mass is 16.1. The summed E-state index contributed by atoms with van der Waals surface area (Å²) in [7, 11) is 0. The van der Waals surface area contributed by atoms with Crippen LogP contribution in [0.5, 0.6) is 0 Å². The van der Waals surface area contributed by atoms with E-state index in [-0.39, 0.29) is 5.48 Å². The van der Waals surface area contributed by atoms with E-state index in [0.717, 1.165) is 23.0 Å². The van der Waals surface area contributed by atoms with Crippen molar-refractivity contribution < 1.29 is 10.3 Å². The first-order valence-corrected chi connectivity index (χ1v) is 3.98. The van der Waals surface area contributed by atoms with Crippen LogP contribution in [-0.2, 0) is 0 Å². The summed E-state index contributed by atoms with van der Waals surface area (Å²) in [4.78, 5) is 18.8. The highest BCUT2D eigenvalue weighted by molar-refractivity contribution is 5.86. The normalized spacial score (nSPS) is 9.50. The number of aryl methyl sites for hydroxylation is 1. The molecule has 72 valence electrons. The molecule has 0 saturated heterocycles. The van der Waals surface area contributed by atoms with Crippen LogP contribution in [0, 0.1) is 6.92 Å². The monoisotopic (exact) mass is 190 g/mol. The molecule has 4 nitrogen and oxygen atoms in total. The lowest BCUT2D eigenvalue weighted by Gasteiger charge is -1.97. The zero-order chi connectivity index (χ0) is 9.26. The average Bonchev–Trinajstić information content (AvgIpc) is 2.17. The zero-order valence-corrected chi connectivity index (χ0v) is 7.69. The van der Waals surface area contributed by atoms with Gasteiger partial charge in [-0.15, -0.1) is 0 Å². The molecular formula is C10H10N2O2. The van der Waals surface area contributed by atoms with E-state index in [1.807, 2.05) is 13.0 Å². The fourth-order valence-electron chi connectivity index (χ4n) is 1.22. The second kappa shape index (κ2) is 3.93. The second-order valence-corrected chi connectivity index (χ2v) is 2.85. The molecule has 1 aromatic heterocycles. The van der Waals surface area contributed by atoms with Crippen LogP contribution in [0.4, 0.5) is 0 Å². The highest BCUT2D eigenvalue weighted by Gasteiger charge is 1.97. The third kappa shape index (κ3) is 1.75. The maximum absolute atomic E-state index is 10.5. The lowest BCUT2D eigenvalue weighted by molar-refractivity contribution is 0.112. The minimum absolute atomic E-state index is 0. The molecule has 0 spiro atoms. The number of aromatic nitrogens is 2. The van der Waals surface area contributed by atoms with Crippen LogP contribution in [0.1, 0.15) is 16.2 Å². The average molecular weight is 190 g/mol. The van der Waals surface area contributed by atoms with Crippen molar-refractivity contribution in [2.24, 2.45) is 0 Å². The first kappa shape index (κ1) is 10.3. The van der Waals surface area contributed by atoms with Crippen molar-refractivity contribution >= 4 is 17.2 Å². The molecule has 0 aliphatic rings. The van der Waals surface area contributed by atoms with Gasteiger partial charge in [-0.3, -0.25) is 4.79 Å². The number of rotatable bonds is 1. The standard InChI is InChI=1S/C10H8N2O.H2O/c1-7-11-5-9-4-8(6-13)2-3-10(9)12-7;/h2-6H,1H3;1H2. The van der Waals surface area contributed by atoms with Gasteiger partial charge < -0.3 is 5.48 Å². The fourth-order valence-corrected chi connectivity index (χ4v) is 1.22. The number of hydrogen-bond donors (Lipinski definition) is 0. The molecule has 0 radical (unpaired) electrons. The van der Waals surface area contributed by atoms with Gasteiger partial charge in [0.05, 0.1) is 5.52 Å². The van der Waals surface area contributed by atoms with Gasteiger partial charge in [0.25, 0.3) is 0 Å². The summed E-state index contributed by atoms with van der Waals surface area (Å²) in [6.45, 7) is 1.84. The van der Waals surface area contributed by atoms with Crippen molar-refractivity contribution in [3.8, 4) is 0 Å². The number of hydrogen-bond acceptors (Lipinski definition) is 3. The summed E-state index contributed by atoms with van der Waals surface area (Å²) >= 11 is 0. The van der Waals surface area contributed by atoms with Gasteiger partial charge in [0.1, 0.15) is 12.1 Å². The zero-order valence-electron chi connectivity index (χ0n) is 7.69. The lowest BCUT2D eigenvalue weighted by atomic mass is 10.2. The molecular weight excluding hydrogens is 180 g/mol. The quantitative estimate of drug-likeness (QED) is 0.627. The first-order valence-electron chi connectivity index (χ1n) is 3.98. The van der Waals surface area contributed by atoms with Crippen molar-refractivity contribution in [3.05, 3.63) is 35.8 Å². The number of carbonyl (C=O) groups excluding carboxylic acids is 1. The Kier molecular flexibility index (Phi) is 2.89. The summed E-state index contributed by atoms with van der Waals surface area (Å²) in [5, 5.41) is 0.898. The van der Waals surface area contributed by atoms with Crippen LogP contribution in [0.15, 0.2) is 24.4 Å². The summed E-state index contributed by atoms with van der Waals surface area (Å²) in [5.74, 6) is 0.742. The molecule has 1 aromatic carbocycles. The molecule has 4 heteroatoms. The van der Waals surface area contributed by atoms with Crippen LogP contribution in [-0.4, -0.2) is 21.7 Å². The molecule has 14 heavy (non-hydrogen) atoms. The minimum atomic E-state index is 0. The van der Waals surface area contributed by atoms with E-state index in [1.165, 1.54) is 0 Å². The van der Waals surface area contributed by atoms with Crippen molar-refractivity contribution in [2.75, 3.05) is 0 Å². The van der Waals surface area contributed by atoms with Gasteiger partial charge in [-0.2, -0.15) is 0 Å². The van der Waals surface area contributed by atoms with Gasteiger partial charge in [-0.25, -0.2) is 9.97 Å². The highest BCUT2D eigenvalue weighted by Crippen LogP contribution is 2.11. The van der Waals surface area contributed by atoms with Crippen LogP contribution in [0.25, 0.3) is 10.9 Å². The SMILES string of the molecule is Cc1ncc2cc(C=O)ccc2n1.O. The molecule has 2 aromatic rings. The summed E-state index contributed by atoms with van der Waals surface area (Å²) < 4.78 is 0. The van der Waals surface area contributed by atoms with E-state index in [4.69, 9.17) is 0 Å². The molecule has 0 bridgehead atoms. The van der Waals surface area contributed by atoms with Crippen LogP contribution in [0.3, 0.4) is 0 Å². The third-order valence-electron chi connectivity index (χ3n) is 1.86. The van der Waals surface area contributed by atoms with Gasteiger partial charge >= 0.3 is 0 Å². The maximum atomic E-state index is 10.5. The predicted octanol–water partition coefficient (Wildman–Crippen LogP) is 0.926. The Bertz CT molecular complexity index is 469. The van der Waals surface area contributed by atoms with Gasteiger partial charge in [0.2, 0.25) is 0 Å². The van der Waals surface area contributed by atoms with E-state index >= 15 is 0 Å². The molecule has 0 saturated carbocycles. The molecule has 0 amide bonds. The van der Waals surface area contributed by atoms with Crippen molar-refractivity contribution in [1.29, 1.82) is 0 Å². The third-order valence-corrected chi connectivity index (χ3v) is 1.86. The van der Waals surface area contributed by atoms with Gasteiger partial charge in [0, 0.05) is 17.1 Å². The summed E-state index contributed by atoms with van der Waals surface area (Å²) in [6.07, 6.45) is 2.55. The van der Waals surface area contributed by atoms with Crippen LogP contribution in [0.2, 0.25) is 0 Å². The van der Waals surface area contributed by atoms with E-state index in [0.29, 0.717) is 5.56 Å². The maximum Gasteiger partial charge on any atom is 0.150 e. The number of carbonyl (C=O) groups is 1. The second-order valence-electron chi connectivity index (χ2n) is 2.85. The predicted molar refractivity (Wildman–Crippen MR) is 53.3 cm³/mol. The molecule has 0 atom stereocenters. The van der Waals surface area contributed by atoms with E-state index < -0.39 is 0 Å². The van der Waals surface area contributed by atoms with Crippen LogP contribution >= 0.6 is 0 Å². The molecule has 2 rings (SSSR count). The smallest absolute Gasteiger partial charge is 0.150 e. The van der Waals surface area contributed by atoms with Gasteiger partial charge in [-0.1, -0.05) is 0 Å². The number of nitrogens with zero attached hydrogens (tertiary/aromatic N) is 2. The minimum Gasteiger partial charge on any atom is -0.412 e. The van der Waals surface area contributed by atoms with Gasteiger partial charge in [0.15, 0.2) is 0 Å². The fraction of sp³-hybridized carbons (Fsp3) is 0.100. The van der Waals surface area contributed by atoms with E-state index in [1.54, 1.807) is 18.3 Å². The number of benzene rings is 1. The topological polar surface area (TPSA) is 74.3 Å². The molecule has 0 unspecified atom stereocenters. The Morgan fingerprint density at radius 2 is 2.14 bits per heavy atom. The molecule has 1 heterocycles. The Morgan fingerprint density at radius 1 is 1.36 bits per heavy atom. The lowest BCUT2D eigenvalue weighted by Crippen LogP contribution is -1.88. The van der Waals surface area contributed by atoms with Crippen molar-refractivity contribution in [3.63, 3.8) is 0 Å². The van der Waals surface area contributed by atoms with Crippen LogP contribution < -0.4 is 0 Å². The van der Waals surface area contributed by atoms with Crippen molar-refractivity contribution in [1.82, 2.24) is 9.97 Å². The summed E-state index contributed by atoms with van der Waals surface area (Å²) in [5.41, 5.74) is 1.53. The number of fused-ring (bicyclic) bond motifs is 1. The van der Waals surface area contributed by atoms with E-state index in [9.17, 15) is 4.79 Å². The first-order chi connectivity index (χ1) is 6.29. The molecule has 2 N–H and O–H groups in total. The Hall–Kier alpha value is -1.81. The van der Waals surface area contributed by atoms with Crippen molar-refractivity contribution in [2.45, 2.75) is 6.92 Å². The Labute approximate surface area is 80.9 Å². The van der Waals surface area contributed by atoms with Gasteiger partial charge in [-0.05, 0) is 25.1 Å². The Morgan fingerprint density at radius 3 is 2.86 bits per heavy atom. The largest absolute Gasteiger partial charge is 0.412 e. The van der Waals surface area contributed by atoms with E-state index in [2.05, 4.69) is 9.97 Å². The summed E-state index contributed by atoms with van der Waals surface area (Å²) in [6, 6.07) is 5.36. The molecule has 0 aliphatic carbocycles.